The number of carbonyl (C=O) groups excluding carboxylic acids is 2. The highest BCUT2D eigenvalue weighted by atomic mass is 32.2. The second kappa shape index (κ2) is 7.02. The van der Waals surface area contributed by atoms with Crippen LogP contribution in [-0.4, -0.2) is 28.1 Å². The molecule has 0 unspecified atom stereocenters. The van der Waals surface area contributed by atoms with Crippen molar-refractivity contribution in [3.8, 4) is 0 Å². The molecule has 5 heteroatoms. The molecule has 2 atom stereocenters. The van der Waals surface area contributed by atoms with Crippen LogP contribution in [-0.2, 0) is 0 Å². The molecule has 2 aliphatic rings. The van der Waals surface area contributed by atoms with Crippen LogP contribution in [0.3, 0.4) is 0 Å². The molecule has 1 N–H and O–H groups in total. The first-order chi connectivity index (χ1) is 12.2. The first-order valence-corrected chi connectivity index (χ1v) is 9.58. The minimum atomic E-state index is -0.241. The topological polar surface area (TPSA) is 49.4 Å². The van der Waals surface area contributed by atoms with Gasteiger partial charge in [0.05, 0.1) is 11.1 Å². The van der Waals surface area contributed by atoms with Gasteiger partial charge in [0.2, 0.25) is 0 Å². The summed E-state index contributed by atoms with van der Waals surface area (Å²) in [7, 11) is 0. The van der Waals surface area contributed by atoms with Crippen molar-refractivity contribution in [3.63, 3.8) is 0 Å². The smallest absolute Gasteiger partial charge is 0.267 e. The number of amides is 2. The molecule has 1 aliphatic heterocycles. The molecule has 0 aromatic heterocycles. The van der Waals surface area contributed by atoms with E-state index in [1.807, 2.05) is 30.0 Å². The van der Waals surface area contributed by atoms with Crippen molar-refractivity contribution >= 4 is 23.6 Å². The van der Waals surface area contributed by atoms with Crippen molar-refractivity contribution in [1.82, 2.24) is 10.4 Å². The van der Waals surface area contributed by atoms with Gasteiger partial charge in [0.15, 0.2) is 0 Å². The lowest BCUT2D eigenvalue weighted by atomic mass is 9.95. The molecule has 4 rings (SSSR count). The van der Waals surface area contributed by atoms with Crippen LogP contribution in [0.25, 0.3) is 0 Å². The van der Waals surface area contributed by atoms with Crippen LogP contribution in [0, 0.1) is 0 Å². The Morgan fingerprint density at radius 1 is 0.840 bits per heavy atom. The minimum Gasteiger partial charge on any atom is -0.267 e. The molecule has 2 amide bonds. The number of rotatable bonds is 4. The van der Waals surface area contributed by atoms with Crippen LogP contribution >= 0.6 is 11.8 Å². The number of imide groups is 1. The molecule has 1 saturated carbocycles. The SMILES string of the molecule is O=C1c2ccccc2C(=O)N1N[C@H]1CCCC[C@H]1Sc1ccccc1. The average Bonchev–Trinajstić information content (AvgIpc) is 2.89. The maximum Gasteiger partial charge on any atom is 0.276 e. The third-order valence-corrected chi connectivity index (χ3v) is 6.23. The van der Waals surface area contributed by atoms with Gasteiger partial charge in [0.1, 0.15) is 0 Å². The second-order valence-corrected chi connectivity index (χ2v) is 7.79. The van der Waals surface area contributed by atoms with Gasteiger partial charge in [-0.1, -0.05) is 43.2 Å². The molecule has 0 bridgehead atoms. The summed E-state index contributed by atoms with van der Waals surface area (Å²) in [6.45, 7) is 0. The van der Waals surface area contributed by atoms with Gasteiger partial charge >= 0.3 is 0 Å². The Balaban J connectivity index is 1.51. The summed E-state index contributed by atoms with van der Waals surface area (Å²) >= 11 is 1.83. The number of hydrazine groups is 1. The van der Waals surface area contributed by atoms with Crippen molar-refractivity contribution in [3.05, 3.63) is 65.7 Å². The van der Waals surface area contributed by atoms with Crippen LogP contribution in [0.4, 0.5) is 0 Å². The van der Waals surface area contributed by atoms with Crippen molar-refractivity contribution < 1.29 is 9.59 Å². The number of hydrogen-bond acceptors (Lipinski definition) is 4. The Morgan fingerprint density at radius 2 is 1.44 bits per heavy atom. The highest BCUT2D eigenvalue weighted by molar-refractivity contribution is 8.00. The van der Waals surface area contributed by atoms with Gasteiger partial charge in [0.25, 0.3) is 11.8 Å². The number of nitrogens with zero attached hydrogens (tertiary/aromatic N) is 1. The summed E-state index contributed by atoms with van der Waals surface area (Å²) in [5.74, 6) is -0.482. The molecule has 0 spiro atoms. The van der Waals surface area contributed by atoms with E-state index in [0.29, 0.717) is 16.4 Å². The Morgan fingerprint density at radius 3 is 2.12 bits per heavy atom. The Bertz CT molecular complexity index is 758. The van der Waals surface area contributed by atoms with Crippen molar-refractivity contribution in [2.24, 2.45) is 0 Å². The largest absolute Gasteiger partial charge is 0.276 e. The van der Waals surface area contributed by atoms with Gasteiger partial charge in [-0.15, -0.1) is 11.8 Å². The number of hydrogen-bond donors (Lipinski definition) is 1. The monoisotopic (exact) mass is 352 g/mol. The van der Waals surface area contributed by atoms with E-state index in [2.05, 4.69) is 17.6 Å². The minimum absolute atomic E-state index is 0.112. The summed E-state index contributed by atoms with van der Waals surface area (Å²) in [6.07, 6.45) is 4.36. The fourth-order valence-corrected chi connectivity index (χ4v) is 4.84. The van der Waals surface area contributed by atoms with Gasteiger partial charge in [0, 0.05) is 16.2 Å². The highest BCUT2D eigenvalue weighted by Gasteiger charge is 2.38. The number of carbonyl (C=O) groups is 2. The molecular formula is C20H20N2O2S. The average molecular weight is 352 g/mol. The van der Waals surface area contributed by atoms with Crippen molar-refractivity contribution in [2.75, 3.05) is 0 Å². The lowest BCUT2D eigenvalue weighted by Crippen LogP contribution is -2.52. The zero-order valence-electron chi connectivity index (χ0n) is 13.9. The fourth-order valence-electron chi connectivity index (χ4n) is 3.53. The maximum absolute atomic E-state index is 12.6. The third-order valence-electron chi connectivity index (χ3n) is 4.82. The predicted octanol–water partition coefficient (Wildman–Crippen LogP) is 3.89. The van der Waals surface area contributed by atoms with E-state index in [9.17, 15) is 9.59 Å². The van der Waals surface area contributed by atoms with E-state index in [-0.39, 0.29) is 17.9 Å². The molecule has 0 saturated heterocycles. The Labute approximate surface area is 151 Å². The molecule has 1 aliphatic carbocycles. The lowest BCUT2D eigenvalue weighted by molar-refractivity contribution is 0.0520. The van der Waals surface area contributed by atoms with E-state index in [0.717, 1.165) is 19.3 Å². The predicted molar refractivity (Wildman–Crippen MR) is 98.4 cm³/mol. The lowest BCUT2D eigenvalue weighted by Gasteiger charge is -2.34. The molecule has 1 heterocycles. The summed E-state index contributed by atoms with van der Waals surface area (Å²) < 4.78 is 0. The number of nitrogens with one attached hydrogen (secondary N) is 1. The van der Waals surface area contributed by atoms with Gasteiger partial charge in [-0.25, -0.2) is 10.4 Å². The number of fused-ring (bicyclic) bond motifs is 1. The van der Waals surface area contributed by atoms with Crippen molar-refractivity contribution in [1.29, 1.82) is 0 Å². The summed E-state index contributed by atoms with van der Waals surface area (Å²) in [5.41, 5.74) is 4.23. The van der Waals surface area contributed by atoms with E-state index < -0.39 is 0 Å². The van der Waals surface area contributed by atoms with Gasteiger partial charge in [-0.2, -0.15) is 0 Å². The van der Waals surface area contributed by atoms with E-state index in [1.54, 1.807) is 24.3 Å². The molecule has 128 valence electrons. The zero-order valence-corrected chi connectivity index (χ0v) is 14.7. The van der Waals surface area contributed by atoms with Crippen LogP contribution in [0.15, 0.2) is 59.5 Å². The van der Waals surface area contributed by atoms with Crippen LogP contribution < -0.4 is 5.43 Å². The quantitative estimate of drug-likeness (QED) is 0.848. The van der Waals surface area contributed by atoms with E-state index in [4.69, 9.17) is 0 Å². The summed E-state index contributed by atoms with van der Waals surface area (Å²) in [6, 6.07) is 17.4. The molecule has 1 fully saturated rings. The molecule has 4 nitrogen and oxygen atoms in total. The first kappa shape index (κ1) is 16.4. The van der Waals surface area contributed by atoms with Gasteiger partial charge < -0.3 is 0 Å². The van der Waals surface area contributed by atoms with Crippen LogP contribution in [0.2, 0.25) is 0 Å². The van der Waals surface area contributed by atoms with Gasteiger partial charge in [-0.3, -0.25) is 9.59 Å². The molecule has 25 heavy (non-hydrogen) atoms. The molecule has 2 aromatic carbocycles. The van der Waals surface area contributed by atoms with Gasteiger partial charge in [-0.05, 0) is 37.1 Å². The fraction of sp³-hybridized carbons (Fsp3) is 0.300. The van der Waals surface area contributed by atoms with Crippen LogP contribution in [0.5, 0.6) is 0 Å². The highest BCUT2D eigenvalue weighted by Crippen LogP contribution is 2.34. The summed E-state index contributed by atoms with van der Waals surface area (Å²) in [5, 5.41) is 1.57. The Hall–Kier alpha value is -2.11. The maximum atomic E-state index is 12.6. The van der Waals surface area contributed by atoms with Crippen LogP contribution in [0.1, 0.15) is 46.4 Å². The van der Waals surface area contributed by atoms with E-state index in [1.165, 1.54) is 16.3 Å². The number of thioether (sulfide) groups is 1. The first-order valence-electron chi connectivity index (χ1n) is 8.70. The van der Waals surface area contributed by atoms with E-state index >= 15 is 0 Å². The molecule has 0 radical (unpaired) electrons. The standard InChI is InChI=1S/C20H20N2O2S/c23-19-15-10-4-5-11-16(15)20(24)22(19)21-17-12-6-7-13-18(17)25-14-8-2-1-3-9-14/h1-5,8-11,17-18,21H,6-7,12-13H2/t17-,18+/m0/s1. The second-order valence-electron chi connectivity index (χ2n) is 6.48. The third kappa shape index (κ3) is 3.22. The zero-order chi connectivity index (χ0) is 17.2. The summed E-state index contributed by atoms with van der Waals surface area (Å²) in [4.78, 5) is 26.4. The number of benzene rings is 2. The van der Waals surface area contributed by atoms with Crippen molar-refractivity contribution in [2.45, 2.75) is 41.9 Å². The molecular weight excluding hydrogens is 332 g/mol. The normalized spacial score (nSPS) is 23.0. The molecule has 2 aromatic rings. The Kier molecular flexibility index (Phi) is 4.59.